The summed E-state index contributed by atoms with van der Waals surface area (Å²) in [6.07, 6.45) is 0.674. The molecule has 1 aliphatic heterocycles. The highest BCUT2D eigenvalue weighted by molar-refractivity contribution is 6.33. The van der Waals surface area contributed by atoms with Crippen molar-refractivity contribution in [3.8, 4) is 0 Å². The largest absolute Gasteiger partial charge is 0.393 e. The van der Waals surface area contributed by atoms with Gasteiger partial charge in [-0.3, -0.25) is 0 Å². The minimum absolute atomic E-state index is 0.00820. The van der Waals surface area contributed by atoms with Crippen molar-refractivity contribution in [2.75, 3.05) is 18.0 Å². The summed E-state index contributed by atoms with van der Waals surface area (Å²) in [5.41, 5.74) is 1.77. The Labute approximate surface area is 107 Å². The molecule has 0 aliphatic carbocycles. The molecule has 1 aromatic carbocycles. The van der Waals surface area contributed by atoms with Crippen molar-refractivity contribution < 1.29 is 10.2 Å². The summed E-state index contributed by atoms with van der Waals surface area (Å²) in [5.74, 6) is 0.290. The number of aliphatic hydroxyl groups is 2. The Hall–Kier alpha value is -0.770. The van der Waals surface area contributed by atoms with E-state index in [1.54, 1.807) is 0 Å². The molecule has 0 spiro atoms. The third-order valence-electron chi connectivity index (χ3n) is 3.46. The first-order chi connectivity index (χ1) is 8.13. The van der Waals surface area contributed by atoms with Crippen molar-refractivity contribution in [2.45, 2.75) is 26.1 Å². The SMILES string of the molecule is CC(O)C1CCN(c2c(Cl)cccc2CO)C1. The Bertz CT molecular complexity index is 395. The van der Waals surface area contributed by atoms with Crippen molar-refractivity contribution in [1.29, 1.82) is 0 Å². The average molecular weight is 256 g/mol. The van der Waals surface area contributed by atoms with Gasteiger partial charge in [0.25, 0.3) is 0 Å². The van der Waals surface area contributed by atoms with Gasteiger partial charge in [-0.25, -0.2) is 0 Å². The first-order valence-electron chi connectivity index (χ1n) is 5.94. The summed E-state index contributed by atoms with van der Waals surface area (Å²) >= 11 is 6.20. The van der Waals surface area contributed by atoms with Crippen molar-refractivity contribution in [2.24, 2.45) is 5.92 Å². The first-order valence-corrected chi connectivity index (χ1v) is 6.32. The van der Waals surface area contributed by atoms with Crippen molar-refractivity contribution in [3.05, 3.63) is 28.8 Å². The van der Waals surface area contributed by atoms with Gasteiger partial charge in [-0.1, -0.05) is 23.7 Å². The smallest absolute Gasteiger partial charge is 0.0702 e. The molecular formula is C13H18ClNO2. The molecule has 1 heterocycles. The molecule has 2 rings (SSSR count). The summed E-state index contributed by atoms with van der Waals surface area (Å²) in [5, 5.41) is 19.6. The number of halogens is 1. The molecule has 3 nitrogen and oxygen atoms in total. The molecular weight excluding hydrogens is 238 g/mol. The molecule has 0 bridgehead atoms. The van der Waals surface area contributed by atoms with Crippen LogP contribution < -0.4 is 4.90 Å². The lowest BCUT2D eigenvalue weighted by atomic mass is 10.0. The lowest BCUT2D eigenvalue weighted by molar-refractivity contribution is 0.136. The predicted molar refractivity (Wildman–Crippen MR) is 69.4 cm³/mol. The summed E-state index contributed by atoms with van der Waals surface area (Å²) < 4.78 is 0. The Kier molecular flexibility index (Phi) is 3.92. The maximum absolute atomic E-state index is 9.60. The van der Waals surface area contributed by atoms with Gasteiger partial charge < -0.3 is 15.1 Å². The fourth-order valence-corrected chi connectivity index (χ4v) is 2.74. The molecule has 4 heteroatoms. The monoisotopic (exact) mass is 255 g/mol. The van der Waals surface area contributed by atoms with Crippen LogP contribution in [0.2, 0.25) is 5.02 Å². The van der Waals surface area contributed by atoms with Crippen LogP contribution in [0, 0.1) is 5.92 Å². The molecule has 2 unspecified atom stereocenters. The third kappa shape index (κ3) is 2.57. The fraction of sp³-hybridized carbons (Fsp3) is 0.538. The zero-order chi connectivity index (χ0) is 12.4. The third-order valence-corrected chi connectivity index (χ3v) is 3.77. The summed E-state index contributed by atoms with van der Waals surface area (Å²) in [7, 11) is 0. The van der Waals surface area contributed by atoms with E-state index in [4.69, 9.17) is 11.6 Å². The van der Waals surface area contributed by atoms with Gasteiger partial charge in [0.2, 0.25) is 0 Å². The second kappa shape index (κ2) is 5.25. The number of anilines is 1. The number of rotatable bonds is 3. The Morgan fingerprint density at radius 3 is 2.88 bits per heavy atom. The van der Waals surface area contributed by atoms with Crippen molar-refractivity contribution in [1.82, 2.24) is 0 Å². The summed E-state index contributed by atoms with van der Waals surface area (Å²) in [4.78, 5) is 2.16. The van der Waals surface area contributed by atoms with Gasteiger partial charge in [0.05, 0.1) is 23.4 Å². The van der Waals surface area contributed by atoms with Crippen LogP contribution in [-0.2, 0) is 6.61 Å². The molecule has 94 valence electrons. The van der Waals surface area contributed by atoms with Crippen LogP contribution in [0.4, 0.5) is 5.69 Å². The van der Waals surface area contributed by atoms with Gasteiger partial charge >= 0.3 is 0 Å². The second-order valence-electron chi connectivity index (χ2n) is 4.64. The van der Waals surface area contributed by atoms with Crippen molar-refractivity contribution in [3.63, 3.8) is 0 Å². The van der Waals surface area contributed by atoms with E-state index in [1.165, 1.54) is 0 Å². The van der Waals surface area contributed by atoms with Gasteiger partial charge in [0.1, 0.15) is 0 Å². The molecule has 0 aromatic heterocycles. The number of hydrogen-bond donors (Lipinski definition) is 2. The quantitative estimate of drug-likeness (QED) is 0.869. The highest BCUT2D eigenvalue weighted by atomic mass is 35.5. The van der Waals surface area contributed by atoms with Crippen LogP contribution in [0.3, 0.4) is 0 Å². The molecule has 1 fully saturated rings. The molecule has 0 radical (unpaired) electrons. The van der Waals surface area contributed by atoms with E-state index in [2.05, 4.69) is 4.90 Å². The minimum atomic E-state index is -0.292. The van der Waals surface area contributed by atoms with E-state index >= 15 is 0 Å². The maximum atomic E-state index is 9.60. The highest BCUT2D eigenvalue weighted by Crippen LogP contribution is 2.34. The number of benzene rings is 1. The van der Waals surface area contributed by atoms with Crippen LogP contribution in [-0.4, -0.2) is 29.4 Å². The van der Waals surface area contributed by atoms with Gasteiger partial charge in [-0.15, -0.1) is 0 Å². The van der Waals surface area contributed by atoms with E-state index in [-0.39, 0.29) is 18.6 Å². The molecule has 17 heavy (non-hydrogen) atoms. The van der Waals surface area contributed by atoms with Crippen molar-refractivity contribution >= 4 is 17.3 Å². The minimum Gasteiger partial charge on any atom is -0.393 e. The summed E-state index contributed by atoms with van der Waals surface area (Å²) in [6.45, 7) is 3.50. The van der Waals surface area contributed by atoms with Crippen LogP contribution in [0.1, 0.15) is 18.9 Å². The van der Waals surface area contributed by atoms with E-state index in [0.29, 0.717) is 5.02 Å². The predicted octanol–water partition coefficient (Wildman–Crippen LogP) is 2.04. The maximum Gasteiger partial charge on any atom is 0.0702 e. The fourth-order valence-electron chi connectivity index (χ4n) is 2.43. The number of nitrogens with zero attached hydrogens (tertiary/aromatic N) is 1. The lowest BCUT2D eigenvalue weighted by Gasteiger charge is -2.23. The van der Waals surface area contributed by atoms with Crippen LogP contribution in [0.5, 0.6) is 0 Å². The van der Waals surface area contributed by atoms with Gasteiger partial charge in [0.15, 0.2) is 0 Å². The first kappa shape index (κ1) is 12.7. The highest BCUT2D eigenvalue weighted by Gasteiger charge is 2.28. The van der Waals surface area contributed by atoms with E-state index in [1.807, 2.05) is 25.1 Å². The van der Waals surface area contributed by atoms with Gasteiger partial charge in [-0.2, -0.15) is 0 Å². The van der Waals surface area contributed by atoms with Crippen LogP contribution in [0.15, 0.2) is 18.2 Å². The van der Waals surface area contributed by atoms with Crippen LogP contribution in [0.25, 0.3) is 0 Å². The Morgan fingerprint density at radius 1 is 1.53 bits per heavy atom. The molecule has 2 N–H and O–H groups in total. The van der Waals surface area contributed by atoms with Gasteiger partial charge in [-0.05, 0) is 19.4 Å². The second-order valence-corrected chi connectivity index (χ2v) is 5.05. The number of hydrogen-bond acceptors (Lipinski definition) is 3. The molecule has 1 aliphatic rings. The van der Waals surface area contributed by atoms with Crippen LogP contribution >= 0.6 is 11.6 Å². The normalized spacial score (nSPS) is 21.9. The molecule has 1 aromatic rings. The molecule has 0 saturated carbocycles. The standard InChI is InChI=1S/C13H18ClNO2/c1-9(17)10-5-6-15(7-10)13-11(8-16)3-2-4-12(13)14/h2-4,9-10,16-17H,5-8H2,1H3. The average Bonchev–Trinajstić information content (AvgIpc) is 2.77. The topological polar surface area (TPSA) is 43.7 Å². The Morgan fingerprint density at radius 2 is 2.29 bits per heavy atom. The lowest BCUT2D eigenvalue weighted by Crippen LogP contribution is -2.25. The van der Waals surface area contributed by atoms with E-state index in [9.17, 15) is 10.2 Å². The number of para-hydroxylation sites is 1. The van der Waals surface area contributed by atoms with Gasteiger partial charge in [0, 0.05) is 24.6 Å². The Balaban J connectivity index is 2.24. The van der Waals surface area contributed by atoms with E-state index < -0.39 is 0 Å². The number of aliphatic hydroxyl groups excluding tert-OH is 2. The zero-order valence-corrected chi connectivity index (χ0v) is 10.7. The van der Waals surface area contributed by atoms with E-state index in [0.717, 1.165) is 30.8 Å². The summed E-state index contributed by atoms with van der Waals surface area (Å²) in [6, 6.07) is 5.57. The zero-order valence-electron chi connectivity index (χ0n) is 9.93. The molecule has 2 atom stereocenters. The molecule has 1 saturated heterocycles. The molecule has 0 amide bonds.